The largest absolute Gasteiger partial charge is 0.426 e. The predicted octanol–water partition coefficient (Wildman–Crippen LogP) is 2.88. The highest BCUT2D eigenvalue weighted by Crippen LogP contribution is 2.30. The Balaban J connectivity index is 2.39. The van der Waals surface area contributed by atoms with Gasteiger partial charge in [-0.25, -0.2) is 0 Å². The lowest BCUT2D eigenvalue weighted by atomic mass is 10.1. The maximum absolute atomic E-state index is 11.9. The molecule has 2 rings (SSSR count). The minimum atomic E-state index is -0.405. The fraction of sp³-hybridized carbons (Fsp3) is 0.200. The molecule has 0 atom stereocenters. The number of esters is 1. The number of ether oxygens (including phenoxy) is 1. The molecule has 1 aromatic rings. The molecule has 18 heavy (non-hydrogen) atoms. The highest BCUT2D eigenvalue weighted by atomic mass is 16.5. The summed E-state index contributed by atoms with van der Waals surface area (Å²) >= 11 is 0. The Bertz CT molecular complexity index is 550. The zero-order valence-electron chi connectivity index (χ0n) is 10.4. The van der Waals surface area contributed by atoms with E-state index in [1.54, 1.807) is 6.08 Å². The van der Waals surface area contributed by atoms with Crippen molar-refractivity contribution >= 4 is 17.8 Å². The third-order valence-electron chi connectivity index (χ3n) is 2.71. The quantitative estimate of drug-likeness (QED) is 0.591. The van der Waals surface area contributed by atoms with Gasteiger partial charge in [0.25, 0.3) is 0 Å². The van der Waals surface area contributed by atoms with Crippen LogP contribution in [0.1, 0.15) is 25.8 Å². The summed E-state index contributed by atoms with van der Waals surface area (Å²) in [4.78, 5) is 22.9. The van der Waals surface area contributed by atoms with E-state index in [4.69, 9.17) is 4.74 Å². The summed E-state index contributed by atoms with van der Waals surface area (Å²) < 4.78 is 5.13. The van der Waals surface area contributed by atoms with Gasteiger partial charge in [-0.1, -0.05) is 30.3 Å². The first-order valence-corrected chi connectivity index (χ1v) is 5.76. The van der Waals surface area contributed by atoms with Crippen LogP contribution in [0.5, 0.6) is 0 Å². The fourth-order valence-corrected chi connectivity index (χ4v) is 1.92. The number of benzene rings is 1. The van der Waals surface area contributed by atoms with Gasteiger partial charge in [-0.15, -0.1) is 0 Å². The molecule has 1 aliphatic carbocycles. The number of ketones is 1. The maximum atomic E-state index is 11.9. The van der Waals surface area contributed by atoms with Crippen molar-refractivity contribution in [3.05, 3.63) is 52.8 Å². The second kappa shape index (κ2) is 5.00. The first-order chi connectivity index (χ1) is 8.58. The molecule has 0 aromatic heterocycles. The second-order valence-corrected chi connectivity index (χ2v) is 4.27. The maximum Gasteiger partial charge on any atom is 0.308 e. The highest BCUT2D eigenvalue weighted by molar-refractivity contribution is 6.08. The molecule has 0 fully saturated rings. The Morgan fingerprint density at radius 1 is 1.28 bits per heavy atom. The Morgan fingerprint density at radius 2 is 1.94 bits per heavy atom. The van der Waals surface area contributed by atoms with Gasteiger partial charge in [0.2, 0.25) is 0 Å². The molecule has 0 unspecified atom stereocenters. The minimum Gasteiger partial charge on any atom is -0.426 e. The first-order valence-electron chi connectivity index (χ1n) is 5.76. The van der Waals surface area contributed by atoms with Crippen molar-refractivity contribution in [2.75, 3.05) is 0 Å². The van der Waals surface area contributed by atoms with Gasteiger partial charge >= 0.3 is 5.97 Å². The summed E-state index contributed by atoms with van der Waals surface area (Å²) in [5.74, 6) is 0.00182. The van der Waals surface area contributed by atoms with Gasteiger partial charge in [-0.3, -0.25) is 9.59 Å². The van der Waals surface area contributed by atoms with Gasteiger partial charge < -0.3 is 4.74 Å². The summed E-state index contributed by atoms with van der Waals surface area (Å²) in [5.41, 5.74) is 2.20. The number of allylic oxidation sites excluding steroid dienone is 2. The number of carbonyl (C=O) groups excluding carboxylic acids is 2. The molecule has 0 saturated carbocycles. The van der Waals surface area contributed by atoms with Crippen LogP contribution in [0.25, 0.3) is 6.08 Å². The van der Waals surface area contributed by atoms with Crippen LogP contribution in [-0.2, 0) is 14.3 Å². The lowest BCUT2D eigenvalue weighted by Crippen LogP contribution is -2.03. The summed E-state index contributed by atoms with van der Waals surface area (Å²) in [6, 6.07) is 9.51. The van der Waals surface area contributed by atoms with Crippen molar-refractivity contribution < 1.29 is 14.3 Å². The van der Waals surface area contributed by atoms with Gasteiger partial charge in [0.1, 0.15) is 5.76 Å². The summed E-state index contributed by atoms with van der Waals surface area (Å²) in [6.45, 7) is 3.14. The normalized spacial score (nSPS) is 17.4. The van der Waals surface area contributed by atoms with Crippen molar-refractivity contribution in [1.29, 1.82) is 0 Å². The van der Waals surface area contributed by atoms with Crippen LogP contribution >= 0.6 is 0 Å². The number of carbonyl (C=O) groups is 2. The van der Waals surface area contributed by atoms with E-state index in [1.807, 2.05) is 37.3 Å². The molecule has 0 aliphatic heterocycles. The van der Waals surface area contributed by atoms with Crippen LogP contribution in [-0.4, -0.2) is 11.8 Å². The van der Waals surface area contributed by atoms with Gasteiger partial charge in [0, 0.05) is 13.3 Å². The van der Waals surface area contributed by atoms with Crippen LogP contribution in [0.2, 0.25) is 0 Å². The molecule has 0 bridgehead atoms. The van der Waals surface area contributed by atoms with Crippen LogP contribution < -0.4 is 0 Å². The molecule has 1 aliphatic rings. The van der Waals surface area contributed by atoms with E-state index in [1.165, 1.54) is 6.92 Å². The number of Topliss-reactive ketones (excluding diaryl/α,β-unsaturated/α-hetero) is 1. The fourth-order valence-electron chi connectivity index (χ4n) is 1.92. The number of rotatable bonds is 2. The van der Waals surface area contributed by atoms with E-state index in [0.29, 0.717) is 17.8 Å². The molecule has 0 amide bonds. The van der Waals surface area contributed by atoms with Crippen LogP contribution in [0.15, 0.2) is 47.2 Å². The third kappa shape index (κ3) is 2.56. The van der Waals surface area contributed by atoms with Gasteiger partial charge in [0.05, 0.1) is 5.57 Å². The summed E-state index contributed by atoms with van der Waals surface area (Å²) in [5, 5.41) is 0. The molecular formula is C15H14O3. The van der Waals surface area contributed by atoms with Crippen molar-refractivity contribution in [2.24, 2.45) is 0 Å². The number of hydrogen-bond acceptors (Lipinski definition) is 3. The van der Waals surface area contributed by atoms with Gasteiger partial charge in [-0.05, 0) is 24.1 Å². The first kappa shape index (κ1) is 12.3. The van der Waals surface area contributed by atoms with Gasteiger partial charge in [-0.2, -0.15) is 0 Å². The predicted molar refractivity (Wildman–Crippen MR) is 68.5 cm³/mol. The minimum absolute atomic E-state index is 0.00685. The monoisotopic (exact) mass is 242 g/mol. The van der Waals surface area contributed by atoms with E-state index >= 15 is 0 Å². The molecule has 3 nitrogen and oxygen atoms in total. The summed E-state index contributed by atoms with van der Waals surface area (Å²) in [7, 11) is 0. The standard InChI is InChI=1S/C15H14O3/c1-10-8-14(17)13(15(10)18-11(2)16)9-12-6-4-3-5-7-12/h3-7,9H,8H2,1-2H3/b13-9-. The molecule has 0 heterocycles. The zero-order chi connectivity index (χ0) is 13.1. The van der Waals surface area contributed by atoms with Crippen molar-refractivity contribution in [3.8, 4) is 0 Å². The van der Waals surface area contributed by atoms with Crippen molar-refractivity contribution in [1.82, 2.24) is 0 Å². The zero-order valence-corrected chi connectivity index (χ0v) is 10.4. The molecule has 1 aromatic carbocycles. The lowest BCUT2D eigenvalue weighted by Gasteiger charge is -2.05. The van der Waals surface area contributed by atoms with E-state index in [-0.39, 0.29) is 5.78 Å². The van der Waals surface area contributed by atoms with E-state index < -0.39 is 5.97 Å². The molecule has 0 saturated heterocycles. The Labute approximate surface area is 106 Å². The van der Waals surface area contributed by atoms with Crippen molar-refractivity contribution in [2.45, 2.75) is 20.3 Å². The average molecular weight is 242 g/mol. The van der Waals surface area contributed by atoms with Crippen molar-refractivity contribution in [3.63, 3.8) is 0 Å². The Kier molecular flexibility index (Phi) is 3.42. The SMILES string of the molecule is CC(=O)OC1=C(C)CC(=O)/C1=C/c1ccccc1. The highest BCUT2D eigenvalue weighted by Gasteiger charge is 2.27. The number of hydrogen-bond donors (Lipinski definition) is 0. The second-order valence-electron chi connectivity index (χ2n) is 4.27. The molecular weight excluding hydrogens is 228 g/mol. The van der Waals surface area contributed by atoms with E-state index in [2.05, 4.69) is 0 Å². The topological polar surface area (TPSA) is 43.4 Å². The average Bonchev–Trinajstić information content (AvgIpc) is 2.57. The summed E-state index contributed by atoms with van der Waals surface area (Å²) in [6.07, 6.45) is 2.08. The molecule has 0 spiro atoms. The molecule has 3 heteroatoms. The lowest BCUT2D eigenvalue weighted by molar-refractivity contribution is -0.136. The molecule has 0 N–H and O–H groups in total. The van der Waals surface area contributed by atoms with Crippen LogP contribution in [0.3, 0.4) is 0 Å². The molecule has 0 radical (unpaired) electrons. The van der Waals surface area contributed by atoms with Crippen LogP contribution in [0.4, 0.5) is 0 Å². The van der Waals surface area contributed by atoms with E-state index in [9.17, 15) is 9.59 Å². The molecule has 92 valence electrons. The Morgan fingerprint density at radius 3 is 2.56 bits per heavy atom. The Hall–Kier alpha value is -2.16. The van der Waals surface area contributed by atoms with Crippen LogP contribution in [0, 0.1) is 0 Å². The third-order valence-corrected chi connectivity index (χ3v) is 2.71. The van der Waals surface area contributed by atoms with Gasteiger partial charge in [0.15, 0.2) is 5.78 Å². The van der Waals surface area contributed by atoms with E-state index in [0.717, 1.165) is 11.1 Å². The smallest absolute Gasteiger partial charge is 0.308 e.